The molecule has 1 aliphatic rings. The van der Waals surface area contributed by atoms with Gasteiger partial charge in [-0.2, -0.15) is 5.10 Å². The summed E-state index contributed by atoms with van der Waals surface area (Å²) in [5.41, 5.74) is 7.66. The van der Waals surface area contributed by atoms with Crippen molar-refractivity contribution in [2.24, 2.45) is 11.1 Å². The molecule has 0 bridgehead atoms. The zero-order valence-electron chi connectivity index (χ0n) is 14.8. The molecule has 1 saturated heterocycles. The Balaban J connectivity index is 1.81. The summed E-state index contributed by atoms with van der Waals surface area (Å²) in [5, 5.41) is 5.85. The van der Waals surface area contributed by atoms with Crippen molar-refractivity contribution in [1.82, 2.24) is 19.7 Å². The summed E-state index contributed by atoms with van der Waals surface area (Å²) in [5.74, 6) is 0.522. The van der Waals surface area contributed by atoms with Gasteiger partial charge in [-0.1, -0.05) is 20.8 Å². The van der Waals surface area contributed by atoms with Crippen LogP contribution in [0.3, 0.4) is 0 Å². The average Bonchev–Trinajstić information content (AvgIpc) is 3.11. The number of fused-ring (bicyclic) bond motifs is 1. The van der Waals surface area contributed by atoms with Crippen molar-refractivity contribution < 1.29 is 4.79 Å². The minimum atomic E-state index is 0.0223. The van der Waals surface area contributed by atoms with Gasteiger partial charge in [0.05, 0.1) is 12.2 Å². The van der Waals surface area contributed by atoms with Crippen LogP contribution in [0.2, 0.25) is 0 Å². The van der Waals surface area contributed by atoms with Crippen LogP contribution in [0.5, 0.6) is 0 Å². The van der Waals surface area contributed by atoms with Gasteiger partial charge < -0.3 is 10.6 Å². The number of aromatic nitrogens is 3. The van der Waals surface area contributed by atoms with E-state index in [0.29, 0.717) is 19.5 Å². The summed E-state index contributed by atoms with van der Waals surface area (Å²) in [6.07, 6.45) is 3.33. The lowest BCUT2D eigenvalue weighted by Crippen LogP contribution is -2.31. The summed E-state index contributed by atoms with van der Waals surface area (Å²) in [6, 6.07) is 4.01. The van der Waals surface area contributed by atoms with Crippen LogP contribution in [0.25, 0.3) is 11.0 Å². The van der Waals surface area contributed by atoms with E-state index < -0.39 is 0 Å². The molecule has 1 atom stereocenters. The molecule has 24 heavy (non-hydrogen) atoms. The molecule has 0 aliphatic carbocycles. The Labute approximate surface area is 143 Å². The maximum atomic E-state index is 12.5. The smallest absolute Gasteiger partial charge is 0.223 e. The largest absolute Gasteiger partial charge is 0.342 e. The number of likely N-dealkylation sites (tertiary alicyclic amines) is 1. The highest BCUT2D eigenvalue weighted by Gasteiger charge is 2.32. The molecule has 6 nitrogen and oxygen atoms in total. The molecule has 2 aromatic rings. The van der Waals surface area contributed by atoms with Gasteiger partial charge in [-0.05, 0) is 24.0 Å². The molecule has 130 valence electrons. The Kier molecular flexibility index (Phi) is 4.58. The fourth-order valence-corrected chi connectivity index (χ4v) is 3.39. The van der Waals surface area contributed by atoms with Gasteiger partial charge in [-0.25, -0.2) is 9.67 Å². The topological polar surface area (TPSA) is 77.0 Å². The summed E-state index contributed by atoms with van der Waals surface area (Å²) in [6.45, 7) is 9.06. The van der Waals surface area contributed by atoms with Gasteiger partial charge in [-0.3, -0.25) is 4.79 Å². The molecule has 0 spiro atoms. The van der Waals surface area contributed by atoms with Crippen molar-refractivity contribution in [2.75, 3.05) is 19.6 Å². The number of carbonyl (C=O) groups is 1. The number of amides is 1. The third-order valence-corrected chi connectivity index (χ3v) is 4.49. The highest BCUT2D eigenvalue weighted by Crippen LogP contribution is 2.32. The Bertz CT molecular complexity index is 731. The van der Waals surface area contributed by atoms with E-state index in [9.17, 15) is 4.79 Å². The van der Waals surface area contributed by atoms with Gasteiger partial charge >= 0.3 is 0 Å². The second-order valence-electron chi connectivity index (χ2n) is 7.83. The first-order valence-corrected chi connectivity index (χ1v) is 8.68. The number of hydrogen-bond acceptors (Lipinski definition) is 4. The molecule has 0 radical (unpaired) electrons. The number of nitrogens with two attached hydrogens (primary N) is 1. The lowest BCUT2D eigenvalue weighted by atomic mass is 9.91. The van der Waals surface area contributed by atoms with E-state index in [2.05, 4.69) is 31.8 Å². The maximum absolute atomic E-state index is 12.5. The van der Waals surface area contributed by atoms with Gasteiger partial charge in [0.15, 0.2) is 5.65 Å². The lowest BCUT2D eigenvalue weighted by Gasteiger charge is -2.22. The fourth-order valence-electron chi connectivity index (χ4n) is 3.39. The second kappa shape index (κ2) is 6.51. The van der Waals surface area contributed by atoms with Crippen molar-refractivity contribution in [2.45, 2.75) is 46.1 Å². The molecule has 2 aromatic heterocycles. The van der Waals surface area contributed by atoms with Gasteiger partial charge in [0.1, 0.15) is 0 Å². The van der Waals surface area contributed by atoms with E-state index in [0.717, 1.165) is 36.2 Å². The van der Waals surface area contributed by atoms with E-state index in [4.69, 9.17) is 10.8 Å². The van der Waals surface area contributed by atoms with Gasteiger partial charge in [-0.15, -0.1) is 0 Å². The third kappa shape index (κ3) is 3.43. The van der Waals surface area contributed by atoms with Gasteiger partial charge in [0, 0.05) is 43.6 Å². The van der Waals surface area contributed by atoms with Crippen LogP contribution in [0, 0.1) is 5.41 Å². The number of rotatable bonds is 4. The van der Waals surface area contributed by atoms with Crippen molar-refractivity contribution >= 4 is 16.9 Å². The average molecular weight is 329 g/mol. The Morgan fingerprint density at radius 3 is 2.92 bits per heavy atom. The predicted molar refractivity (Wildman–Crippen MR) is 94.6 cm³/mol. The molecular formula is C18H27N5O. The van der Waals surface area contributed by atoms with Crippen LogP contribution >= 0.6 is 0 Å². The molecule has 0 aromatic carbocycles. The fraction of sp³-hybridized carbons (Fsp3) is 0.611. The highest BCUT2D eigenvalue weighted by molar-refractivity contribution is 5.80. The standard InChI is InChI=1S/C18H27N5O/c1-18(2,3)11-15(24)22-9-6-13(12-22)16-14-5-4-8-20-17(14)23(21-16)10-7-19/h4-5,8,13H,6-7,9-12,19H2,1-3H3/t13-/m1/s1. The molecule has 3 rings (SSSR count). The third-order valence-electron chi connectivity index (χ3n) is 4.49. The predicted octanol–water partition coefficient (Wildman–Crippen LogP) is 2.14. The highest BCUT2D eigenvalue weighted by atomic mass is 16.2. The normalized spacial score (nSPS) is 18.5. The van der Waals surface area contributed by atoms with Crippen LogP contribution < -0.4 is 5.73 Å². The zero-order chi connectivity index (χ0) is 17.3. The number of carbonyl (C=O) groups excluding carboxylic acids is 1. The summed E-state index contributed by atoms with van der Waals surface area (Å²) in [4.78, 5) is 18.9. The molecule has 2 N–H and O–H groups in total. The lowest BCUT2D eigenvalue weighted by molar-refractivity contribution is -0.132. The van der Waals surface area contributed by atoms with Crippen molar-refractivity contribution in [3.05, 3.63) is 24.0 Å². The summed E-state index contributed by atoms with van der Waals surface area (Å²) >= 11 is 0. The second-order valence-corrected chi connectivity index (χ2v) is 7.83. The molecule has 0 unspecified atom stereocenters. The summed E-state index contributed by atoms with van der Waals surface area (Å²) < 4.78 is 1.89. The molecule has 1 amide bonds. The number of hydrogen-bond donors (Lipinski definition) is 1. The van der Waals surface area contributed by atoms with Crippen LogP contribution in [0.15, 0.2) is 18.3 Å². The van der Waals surface area contributed by atoms with Crippen LogP contribution in [-0.2, 0) is 11.3 Å². The molecule has 0 saturated carbocycles. The molecular weight excluding hydrogens is 302 g/mol. The number of nitrogens with zero attached hydrogens (tertiary/aromatic N) is 4. The monoisotopic (exact) mass is 329 g/mol. The van der Waals surface area contributed by atoms with E-state index in [-0.39, 0.29) is 17.2 Å². The van der Waals surface area contributed by atoms with Gasteiger partial charge in [0.25, 0.3) is 0 Å². The van der Waals surface area contributed by atoms with E-state index in [1.165, 1.54) is 0 Å². The van der Waals surface area contributed by atoms with Crippen LogP contribution in [0.4, 0.5) is 0 Å². The molecule has 6 heteroatoms. The van der Waals surface area contributed by atoms with E-state index in [1.807, 2.05) is 15.6 Å². The van der Waals surface area contributed by atoms with Crippen molar-refractivity contribution in [1.29, 1.82) is 0 Å². The van der Waals surface area contributed by atoms with Crippen LogP contribution in [-0.4, -0.2) is 45.2 Å². The number of pyridine rings is 1. The Morgan fingerprint density at radius 1 is 1.42 bits per heavy atom. The first-order chi connectivity index (χ1) is 11.4. The SMILES string of the molecule is CC(C)(C)CC(=O)N1CC[C@@H](c2nn(CCN)c3ncccc23)C1. The molecule has 1 aliphatic heterocycles. The first kappa shape index (κ1) is 16.9. The van der Waals surface area contributed by atoms with E-state index in [1.54, 1.807) is 6.20 Å². The van der Waals surface area contributed by atoms with Crippen molar-refractivity contribution in [3.63, 3.8) is 0 Å². The Morgan fingerprint density at radius 2 is 2.21 bits per heavy atom. The first-order valence-electron chi connectivity index (χ1n) is 8.68. The summed E-state index contributed by atoms with van der Waals surface area (Å²) in [7, 11) is 0. The Hall–Kier alpha value is -1.95. The quantitative estimate of drug-likeness (QED) is 0.932. The maximum Gasteiger partial charge on any atom is 0.223 e. The zero-order valence-corrected chi connectivity index (χ0v) is 14.8. The van der Waals surface area contributed by atoms with E-state index >= 15 is 0 Å². The molecule has 1 fully saturated rings. The van der Waals surface area contributed by atoms with Gasteiger partial charge in [0.2, 0.25) is 5.91 Å². The van der Waals surface area contributed by atoms with Crippen LogP contribution in [0.1, 0.15) is 45.2 Å². The minimum absolute atomic E-state index is 0.0223. The minimum Gasteiger partial charge on any atom is -0.342 e. The molecule has 3 heterocycles. The van der Waals surface area contributed by atoms with Crippen molar-refractivity contribution in [3.8, 4) is 0 Å².